The maximum atomic E-state index is 12.9. The fraction of sp³-hybridized carbons (Fsp3) is 0.733. The minimum absolute atomic E-state index is 0.118. The van der Waals surface area contributed by atoms with E-state index in [1.165, 1.54) is 11.3 Å². The highest BCUT2D eigenvalue weighted by atomic mass is 32.2. The number of nitrogens with zero attached hydrogens (tertiary/aromatic N) is 1. The van der Waals surface area contributed by atoms with Crippen molar-refractivity contribution in [2.75, 3.05) is 13.1 Å². The lowest BCUT2D eigenvalue weighted by atomic mass is 10.2. The van der Waals surface area contributed by atoms with E-state index in [2.05, 4.69) is 19.2 Å². The molecule has 0 amide bonds. The van der Waals surface area contributed by atoms with Crippen LogP contribution in [0.3, 0.4) is 0 Å². The van der Waals surface area contributed by atoms with E-state index in [1.807, 2.05) is 13.0 Å². The van der Waals surface area contributed by atoms with Crippen molar-refractivity contribution < 1.29 is 8.42 Å². The Morgan fingerprint density at radius 1 is 1.33 bits per heavy atom. The fourth-order valence-corrected chi connectivity index (χ4v) is 6.40. The van der Waals surface area contributed by atoms with E-state index in [1.54, 1.807) is 10.4 Å². The molecule has 4 nitrogen and oxygen atoms in total. The third-order valence-electron chi connectivity index (χ3n) is 4.15. The Labute approximate surface area is 132 Å². The second-order valence-corrected chi connectivity index (χ2v) is 8.89. The van der Waals surface area contributed by atoms with Crippen LogP contribution in [0, 0.1) is 0 Å². The SMILES string of the molecule is CCNCCc1ccc(S(=O)(=O)N2C(C)CCC2CC)s1. The van der Waals surface area contributed by atoms with Gasteiger partial charge in [-0.1, -0.05) is 13.8 Å². The lowest BCUT2D eigenvalue weighted by Crippen LogP contribution is -2.39. The maximum absolute atomic E-state index is 12.9. The molecule has 1 saturated heterocycles. The van der Waals surface area contributed by atoms with Crippen LogP contribution < -0.4 is 5.32 Å². The molecule has 2 heterocycles. The number of thiophene rings is 1. The van der Waals surface area contributed by atoms with E-state index in [4.69, 9.17) is 0 Å². The predicted molar refractivity (Wildman–Crippen MR) is 88.4 cm³/mol. The van der Waals surface area contributed by atoms with Crippen molar-refractivity contribution in [2.24, 2.45) is 0 Å². The van der Waals surface area contributed by atoms with Crippen LogP contribution in [-0.2, 0) is 16.4 Å². The van der Waals surface area contributed by atoms with Gasteiger partial charge in [-0.2, -0.15) is 4.31 Å². The number of hydrogen-bond acceptors (Lipinski definition) is 4. The van der Waals surface area contributed by atoms with Gasteiger partial charge in [-0.15, -0.1) is 11.3 Å². The lowest BCUT2D eigenvalue weighted by Gasteiger charge is -2.26. The Morgan fingerprint density at radius 3 is 2.76 bits per heavy atom. The molecule has 120 valence electrons. The molecule has 0 aliphatic carbocycles. The van der Waals surface area contributed by atoms with Gasteiger partial charge in [0.25, 0.3) is 10.0 Å². The van der Waals surface area contributed by atoms with Gasteiger partial charge >= 0.3 is 0 Å². The first-order chi connectivity index (χ1) is 10.0. The Morgan fingerprint density at radius 2 is 2.10 bits per heavy atom. The molecule has 1 aromatic rings. The summed E-state index contributed by atoms with van der Waals surface area (Å²) in [6, 6.07) is 4.01. The quantitative estimate of drug-likeness (QED) is 0.782. The van der Waals surface area contributed by atoms with E-state index in [0.717, 1.165) is 43.6 Å². The van der Waals surface area contributed by atoms with Crippen LogP contribution in [0.2, 0.25) is 0 Å². The average Bonchev–Trinajstić information content (AvgIpc) is 3.06. The van der Waals surface area contributed by atoms with E-state index in [0.29, 0.717) is 4.21 Å². The van der Waals surface area contributed by atoms with Crippen LogP contribution in [0.25, 0.3) is 0 Å². The maximum Gasteiger partial charge on any atom is 0.253 e. The first-order valence-electron chi connectivity index (χ1n) is 7.83. The molecule has 0 radical (unpaired) electrons. The molecule has 1 fully saturated rings. The smallest absolute Gasteiger partial charge is 0.253 e. The van der Waals surface area contributed by atoms with Crippen LogP contribution in [0.1, 0.15) is 44.9 Å². The van der Waals surface area contributed by atoms with Gasteiger partial charge in [0, 0.05) is 17.0 Å². The molecule has 1 aliphatic heterocycles. The molecule has 1 N–H and O–H groups in total. The second-order valence-electron chi connectivity index (χ2n) is 5.65. The number of sulfonamides is 1. The highest BCUT2D eigenvalue weighted by Crippen LogP contribution is 2.34. The largest absolute Gasteiger partial charge is 0.317 e. The summed E-state index contributed by atoms with van der Waals surface area (Å²) in [5, 5.41) is 3.27. The minimum Gasteiger partial charge on any atom is -0.317 e. The van der Waals surface area contributed by atoms with Gasteiger partial charge in [-0.25, -0.2) is 8.42 Å². The van der Waals surface area contributed by atoms with Crippen molar-refractivity contribution in [1.29, 1.82) is 0 Å². The molecule has 21 heavy (non-hydrogen) atoms. The molecule has 1 aromatic heterocycles. The van der Waals surface area contributed by atoms with Gasteiger partial charge in [-0.3, -0.25) is 0 Å². The van der Waals surface area contributed by atoms with Crippen LogP contribution in [0.4, 0.5) is 0 Å². The summed E-state index contributed by atoms with van der Waals surface area (Å²) < 4.78 is 28.0. The van der Waals surface area contributed by atoms with E-state index >= 15 is 0 Å². The van der Waals surface area contributed by atoms with E-state index in [-0.39, 0.29) is 12.1 Å². The lowest BCUT2D eigenvalue weighted by molar-refractivity contribution is 0.329. The molecule has 2 rings (SSSR count). The van der Waals surface area contributed by atoms with Crippen molar-refractivity contribution in [2.45, 2.75) is 62.7 Å². The minimum atomic E-state index is -3.33. The van der Waals surface area contributed by atoms with Gasteiger partial charge in [0.1, 0.15) is 4.21 Å². The molecule has 0 bridgehead atoms. The Kier molecular flexibility index (Phi) is 5.82. The Balaban J connectivity index is 2.15. The van der Waals surface area contributed by atoms with E-state index < -0.39 is 10.0 Å². The predicted octanol–water partition coefficient (Wildman–Crippen LogP) is 2.85. The third kappa shape index (κ3) is 3.67. The number of hydrogen-bond donors (Lipinski definition) is 1. The summed E-state index contributed by atoms with van der Waals surface area (Å²) in [4.78, 5) is 1.13. The van der Waals surface area contributed by atoms with Gasteiger partial charge in [0.2, 0.25) is 0 Å². The van der Waals surface area contributed by atoms with Gasteiger partial charge in [-0.05, 0) is 57.8 Å². The summed E-state index contributed by atoms with van der Waals surface area (Å²) in [5.74, 6) is 0. The summed E-state index contributed by atoms with van der Waals surface area (Å²) in [6.45, 7) is 8.01. The number of rotatable bonds is 7. The summed E-state index contributed by atoms with van der Waals surface area (Å²) >= 11 is 1.42. The topological polar surface area (TPSA) is 49.4 Å². The molecule has 2 atom stereocenters. The van der Waals surface area contributed by atoms with Crippen LogP contribution >= 0.6 is 11.3 Å². The molecule has 0 spiro atoms. The van der Waals surface area contributed by atoms with Crippen molar-refractivity contribution >= 4 is 21.4 Å². The van der Waals surface area contributed by atoms with Gasteiger partial charge in [0.05, 0.1) is 0 Å². The summed E-state index contributed by atoms with van der Waals surface area (Å²) in [6.07, 6.45) is 3.73. The first kappa shape index (κ1) is 16.9. The highest BCUT2D eigenvalue weighted by molar-refractivity contribution is 7.91. The number of nitrogens with one attached hydrogen (secondary N) is 1. The zero-order valence-electron chi connectivity index (χ0n) is 13.1. The molecule has 0 aromatic carbocycles. The van der Waals surface area contributed by atoms with Crippen molar-refractivity contribution in [3.05, 3.63) is 17.0 Å². The third-order valence-corrected chi connectivity index (χ3v) is 7.83. The van der Waals surface area contributed by atoms with Crippen LogP contribution in [0.5, 0.6) is 0 Å². The van der Waals surface area contributed by atoms with Crippen LogP contribution in [0.15, 0.2) is 16.3 Å². The second kappa shape index (κ2) is 7.22. The Hall–Kier alpha value is -0.430. The molecular weight excluding hydrogens is 304 g/mol. The summed E-state index contributed by atoms with van der Waals surface area (Å²) in [7, 11) is -3.33. The zero-order chi connectivity index (χ0) is 15.5. The fourth-order valence-electron chi connectivity index (χ4n) is 2.99. The molecule has 0 saturated carbocycles. The molecule has 2 unspecified atom stereocenters. The number of likely N-dealkylation sites (N-methyl/N-ethyl adjacent to an activating group) is 1. The zero-order valence-corrected chi connectivity index (χ0v) is 14.8. The van der Waals surface area contributed by atoms with Crippen molar-refractivity contribution in [3.8, 4) is 0 Å². The standard InChI is InChI=1S/C15H26N2O2S2/c1-4-13-7-6-12(3)17(13)21(18,19)15-9-8-14(20-15)10-11-16-5-2/h8-9,12-13,16H,4-7,10-11H2,1-3H3. The van der Waals surface area contributed by atoms with Gasteiger partial charge < -0.3 is 5.32 Å². The van der Waals surface area contributed by atoms with E-state index in [9.17, 15) is 8.42 Å². The molecular formula is C15H26N2O2S2. The van der Waals surface area contributed by atoms with Gasteiger partial charge in [0.15, 0.2) is 0 Å². The summed E-state index contributed by atoms with van der Waals surface area (Å²) in [5.41, 5.74) is 0. The molecule has 1 aliphatic rings. The van der Waals surface area contributed by atoms with Crippen molar-refractivity contribution in [3.63, 3.8) is 0 Å². The Bertz CT molecular complexity index is 554. The van der Waals surface area contributed by atoms with Crippen molar-refractivity contribution in [1.82, 2.24) is 9.62 Å². The van der Waals surface area contributed by atoms with Crippen LogP contribution in [-0.4, -0.2) is 37.9 Å². The first-order valence-corrected chi connectivity index (χ1v) is 10.1. The normalized spacial score (nSPS) is 23.8. The monoisotopic (exact) mass is 330 g/mol. The average molecular weight is 331 g/mol. The highest BCUT2D eigenvalue weighted by Gasteiger charge is 2.39. The molecule has 6 heteroatoms.